The number of anilines is 2. The molecule has 3 aromatic rings. The van der Waals surface area contributed by atoms with E-state index in [9.17, 15) is 0 Å². The van der Waals surface area contributed by atoms with E-state index in [1.165, 1.54) is 0 Å². The molecule has 0 fully saturated rings. The number of benzene rings is 3. The molecule has 0 saturated carbocycles. The molecule has 0 amide bonds. The van der Waals surface area contributed by atoms with Crippen LogP contribution in [0.15, 0.2) is 72.8 Å². The third-order valence-electron chi connectivity index (χ3n) is 4.06. The van der Waals surface area contributed by atoms with Gasteiger partial charge in [-0.15, -0.1) is 0 Å². The second kappa shape index (κ2) is 9.23. The molecule has 27 heavy (non-hydrogen) atoms. The molecule has 0 spiro atoms. The number of thiocarbonyl (C=S) groups is 1. The van der Waals surface area contributed by atoms with Gasteiger partial charge in [0.2, 0.25) is 0 Å². The van der Waals surface area contributed by atoms with Crippen LogP contribution in [0.25, 0.3) is 0 Å². The van der Waals surface area contributed by atoms with Gasteiger partial charge in [0.25, 0.3) is 0 Å². The molecule has 0 aliphatic heterocycles. The molecule has 0 aromatic heterocycles. The van der Waals surface area contributed by atoms with Crippen LogP contribution in [0.2, 0.25) is 10.0 Å². The van der Waals surface area contributed by atoms with Gasteiger partial charge in [0.05, 0.1) is 21.4 Å². The molecular formula is C22H19Cl2NOS. The predicted molar refractivity (Wildman–Crippen MR) is 119 cm³/mol. The molecule has 0 saturated heterocycles. The molecule has 0 atom stereocenters. The highest BCUT2D eigenvalue weighted by molar-refractivity contribution is 7.80. The molecule has 0 unspecified atom stereocenters. The summed E-state index contributed by atoms with van der Waals surface area (Å²) < 4.78 is 5.92. The quantitative estimate of drug-likeness (QED) is 0.387. The average molecular weight is 416 g/mol. The van der Waals surface area contributed by atoms with Crippen LogP contribution in [0.1, 0.15) is 18.9 Å². The normalized spacial score (nSPS) is 10.5. The number of nitrogens with zero attached hydrogens (tertiary/aromatic N) is 1. The van der Waals surface area contributed by atoms with E-state index in [1.54, 1.807) is 0 Å². The lowest BCUT2D eigenvalue weighted by Crippen LogP contribution is -2.19. The van der Waals surface area contributed by atoms with E-state index in [1.807, 2.05) is 67.6 Å². The van der Waals surface area contributed by atoms with Crippen LogP contribution < -0.4 is 9.64 Å². The molecule has 0 aliphatic carbocycles. The molecule has 3 rings (SSSR count). The first-order valence-corrected chi connectivity index (χ1v) is 9.81. The minimum atomic E-state index is 0.535. The Morgan fingerprint density at radius 3 is 2.19 bits per heavy atom. The number of rotatable bonds is 6. The van der Waals surface area contributed by atoms with Crippen molar-refractivity contribution >= 4 is 51.8 Å². The third kappa shape index (κ3) is 4.81. The summed E-state index contributed by atoms with van der Waals surface area (Å²) in [7, 11) is 0. The van der Waals surface area contributed by atoms with Gasteiger partial charge in [-0.25, -0.2) is 0 Å². The molecule has 0 radical (unpaired) electrons. The molecule has 138 valence electrons. The summed E-state index contributed by atoms with van der Waals surface area (Å²) in [5.41, 5.74) is 2.72. The molecule has 0 N–H and O–H groups in total. The second-order valence-electron chi connectivity index (χ2n) is 5.94. The van der Waals surface area contributed by atoms with Gasteiger partial charge in [-0.1, -0.05) is 78.7 Å². The monoisotopic (exact) mass is 415 g/mol. The highest BCUT2D eigenvalue weighted by Crippen LogP contribution is 2.42. The highest BCUT2D eigenvalue weighted by atomic mass is 35.5. The van der Waals surface area contributed by atoms with Crippen LogP contribution in [-0.4, -0.2) is 5.05 Å². The zero-order chi connectivity index (χ0) is 19.2. The predicted octanol–water partition coefficient (Wildman–Crippen LogP) is 7.45. The molecule has 0 bridgehead atoms. The average Bonchev–Trinajstić information content (AvgIpc) is 2.68. The smallest absolute Gasteiger partial charge is 0.167 e. The maximum Gasteiger partial charge on any atom is 0.167 e. The van der Waals surface area contributed by atoms with E-state index in [0.717, 1.165) is 16.9 Å². The van der Waals surface area contributed by atoms with Crippen molar-refractivity contribution in [2.24, 2.45) is 0 Å². The molecule has 0 heterocycles. The first kappa shape index (κ1) is 19.7. The van der Waals surface area contributed by atoms with Gasteiger partial charge in [-0.2, -0.15) is 0 Å². The van der Waals surface area contributed by atoms with Gasteiger partial charge in [0.15, 0.2) is 10.8 Å². The minimum Gasteiger partial charge on any atom is -0.448 e. The van der Waals surface area contributed by atoms with Gasteiger partial charge in [-0.3, -0.25) is 0 Å². The highest BCUT2D eigenvalue weighted by Gasteiger charge is 2.20. The van der Waals surface area contributed by atoms with E-state index >= 15 is 0 Å². The first-order valence-electron chi connectivity index (χ1n) is 8.65. The van der Waals surface area contributed by atoms with Crippen molar-refractivity contribution in [3.05, 3.63) is 88.4 Å². The van der Waals surface area contributed by atoms with Crippen LogP contribution in [-0.2, 0) is 6.54 Å². The Labute approximate surface area is 175 Å². The summed E-state index contributed by atoms with van der Waals surface area (Å²) >= 11 is 18.4. The van der Waals surface area contributed by atoms with Crippen LogP contribution in [0, 0.1) is 0 Å². The van der Waals surface area contributed by atoms with E-state index in [2.05, 4.69) is 17.0 Å². The van der Waals surface area contributed by atoms with E-state index < -0.39 is 0 Å². The molecular weight excluding hydrogens is 397 g/mol. The van der Waals surface area contributed by atoms with Gasteiger partial charge >= 0.3 is 0 Å². The van der Waals surface area contributed by atoms with E-state index in [4.69, 9.17) is 40.2 Å². The largest absolute Gasteiger partial charge is 0.448 e. The van der Waals surface area contributed by atoms with Crippen molar-refractivity contribution in [2.45, 2.75) is 19.9 Å². The molecule has 0 aliphatic rings. The maximum absolute atomic E-state index is 6.53. The number of ether oxygens (including phenoxy) is 1. The van der Waals surface area contributed by atoms with Crippen molar-refractivity contribution in [3.63, 3.8) is 0 Å². The summed E-state index contributed by atoms with van der Waals surface area (Å²) in [4.78, 5) is 2.06. The summed E-state index contributed by atoms with van der Waals surface area (Å²) in [5, 5.41) is 1.69. The Bertz CT molecular complexity index is 910. The topological polar surface area (TPSA) is 12.5 Å². The number of hydrogen-bond acceptors (Lipinski definition) is 3. The molecule has 3 aromatic carbocycles. The number of hydrogen-bond donors (Lipinski definition) is 0. The van der Waals surface area contributed by atoms with Gasteiger partial charge in [0.1, 0.15) is 0 Å². The minimum absolute atomic E-state index is 0.535. The summed E-state index contributed by atoms with van der Waals surface area (Å²) in [6.45, 7) is 2.56. The second-order valence-corrected chi connectivity index (χ2v) is 7.21. The Morgan fingerprint density at radius 2 is 1.52 bits per heavy atom. The van der Waals surface area contributed by atoms with E-state index in [-0.39, 0.29) is 0 Å². The lowest BCUT2D eigenvalue weighted by atomic mass is 10.1. The van der Waals surface area contributed by atoms with Crippen LogP contribution in [0.5, 0.6) is 5.75 Å². The van der Waals surface area contributed by atoms with E-state index in [0.29, 0.717) is 33.8 Å². The van der Waals surface area contributed by atoms with Crippen molar-refractivity contribution < 1.29 is 4.74 Å². The number of halogens is 2. The lowest BCUT2D eigenvalue weighted by Gasteiger charge is -2.28. The fourth-order valence-corrected chi connectivity index (χ4v) is 3.45. The van der Waals surface area contributed by atoms with Crippen LogP contribution in [0.3, 0.4) is 0 Å². The lowest BCUT2D eigenvalue weighted by molar-refractivity contribution is 0.550. The summed E-state index contributed by atoms with van der Waals surface area (Å²) in [6, 6.07) is 23.4. The number of para-hydroxylation sites is 3. The molecule has 2 nitrogen and oxygen atoms in total. The molecule has 5 heteroatoms. The van der Waals surface area contributed by atoms with Gasteiger partial charge in [-0.05, 0) is 42.0 Å². The Kier molecular flexibility index (Phi) is 6.73. The fraction of sp³-hybridized carbons (Fsp3) is 0.136. The first-order chi connectivity index (χ1) is 13.1. The van der Waals surface area contributed by atoms with Gasteiger partial charge in [0, 0.05) is 13.0 Å². The Hall–Kier alpha value is -2.07. The van der Waals surface area contributed by atoms with Crippen LogP contribution in [0.4, 0.5) is 11.4 Å². The maximum atomic E-state index is 6.53. The van der Waals surface area contributed by atoms with Gasteiger partial charge < -0.3 is 9.64 Å². The summed E-state index contributed by atoms with van der Waals surface area (Å²) in [6.07, 6.45) is 0.662. The summed E-state index contributed by atoms with van der Waals surface area (Å²) in [5.74, 6) is 0.677. The van der Waals surface area contributed by atoms with Crippen molar-refractivity contribution in [1.82, 2.24) is 0 Å². The standard InChI is InChI=1S/C22H19Cl2NOS/c1-2-21(27)26-20-14-7-6-13-19(20)25(15-16-9-4-3-5-10-16)22-17(23)11-8-12-18(22)24/h3-14H,2,15H2,1H3. The fourth-order valence-electron chi connectivity index (χ4n) is 2.76. The zero-order valence-corrected chi connectivity index (χ0v) is 17.2. The third-order valence-corrected chi connectivity index (χ3v) is 5.04. The van der Waals surface area contributed by atoms with Crippen molar-refractivity contribution in [2.75, 3.05) is 4.90 Å². The Morgan fingerprint density at radius 1 is 0.889 bits per heavy atom. The van der Waals surface area contributed by atoms with Crippen molar-refractivity contribution in [1.29, 1.82) is 0 Å². The van der Waals surface area contributed by atoms with Crippen molar-refractivity contribution in [3.8, 4) is 5.75 Å². The van der Waals surface area contributed by atoms with Crippen LogP contribution >= 0.6 is 35.4 Å². The zero-order valence-electron chi connectivity index (χ0n) is 14.9. The SMILES string of the molecule is CCC(=S)Oc1ccccc1N(Cc1ccccc1)c1c(Cl)cccc1Cl. The Balaban J connectivity index is 2.12.